The summed E-state index contributed by atoms with van der Waals surface area (Å²) >= 11 is 0. The van der Waals surface area contributed by atoms with Crippen LogP contribution in [-0.2, 0) is 9.59 Å². The van der Waals surface area contributed by atoms with Crippen molar-refractivity contribution in [1.29, 1.82) is 0 Å². The van der Waals surface area contributed by atoms with E-state index in [9.17, 15) is 14.7 Å². The molecule has 0 saturated carbocycles. The average molecular weight is 232 g/mol. The number of rotatable bonds is 2. The van der Waals surface area contributed by atoms with Crippen LogP contribution < -0.4 is 10.0 Å². The van der Waals surface area contributed by atoms with Crippen LogP contribution in [0.1, 0.15) is 17.5 Å². The number of carboxylic acid groups (broad SMARTS) is 1. The van der Waals surface area contributed by atoms with Gasteiger partial charge < -0.3 is 14.8 Å². The molecule has 2 rings (SSSR count). The Hall–Kier alpha value is -1.84. The molecule has 1 atom stereocenters. The van der Waals surface area contributed by atoms with Gasteiger partial charge in [-0.05, 0) is 37.1 Å². The minimum absolute atomic E-state index is 0.0370. The molecule has 90 valence electrons. The monoisotopic (exact) mass is 232 g/mol. The van der Waals surface area contributed by atoms with Crippen molar-refractivity contribution in [2.24, 2.45) is 5.92 Å². The largest absolute Gasteiger partial charge is 0.550 e. The second kappa shape index (κ2) is 4.20. The van der Waals surface area contributed by atoms with Crippen LogP contribution in [-0.4, -0.2) is 18.4 Å². The van der Waals surface area contributed by atoms with Crippen LogP contribution in [0, 0.1) is 19.8 Å². The van der Waals surface area contributed by atoms with Crippen molar-refractivity contribution in [2.75, 3.05) is 11.4 Å². The number of carbonyl (C=O) groups excluding carboxylic acids is 2. The molecule has 1 fully saturated rings. The van der Waals surface area contributed by atoms with E-state index in [0.717, 1.165) is 16.8 Å². The van der Waals surface area contributed by atoms with Gasteiger partial charge in [0, 0.05) is 30.5 Å². The van der Waals surface area contributed by atoms with Gasteiger partial charge in [0.15, 0.2) is 0 Å². The number of nitrogens with zero attached hydrogens (tertiary/aromatic N) is 1. The fourth-order valence-corrected chi connectivity index (χ4v) is 2.01. The van der Waals surface area contributed by atoms with Gasteiger partial charge in [-0.15, -0.1) is 0 Å². The molecule has 1 heterocycles. The molecule has 1 aromatic rings. The third-order valence-electron chi connectivity index (χ3n) is 3.26. The molecule has 0 spiro atoms. The summed E-state index contributed by atoms with van der Waals surface area (Å²) in [5.74, 6) is -1.99. The predicted molar refractivity (Wildman–Crippen MR) is 61.4 cm³/mol. The molecular weight excluding hydrogens is 218 g/mol. The summed E-state index contributed by atoms with van der Waals surface area (Å²) in [5, 5.41) is 10.8. The normalized spacial score (nSPS) is 19.8. The molecule has 1 aliphatic heterocycles. The van der Waals surface area contributed by atoms with Gasteiger partial charge in [-0.2, -0.15) is 0 Å². The first-order chi connectivity index (χ1) is 7.99. The molecule has 1 amide bonds. The fourth-order valence-electron chi connectivity index (χ4n) is 2.01. The molecule has 4 nitrogen and oxygen atoms in total. The molecule has 1 unspecified atom stereocenters. The maximum atomic E-state index is 11.7. The predicted octanol–water partition coefficient (Wildman–Crippen LogP) is 0.406. The number of benzene rings is 1. The number of hydrogen-bond acceptors (Lipinski definition) is 3. The topological polar surface area (TPSA) is 60.4 Å². The minimum atomic E-state index is -1.15. The van der Waals surface area contributed by atoms with Crippen LogP contribution in [0.2, 0.25) is 0 Å². The molecular formula is C13H14NO3-. The SMILES string of the molecule is Cc1ccc(N2CC(C(=O)[O-])CC2=O)cc1C. The highest BCUT2D eigenvalue weighted by molar-refractivity contribution is 5.99. The first kappa shape index (κ1) is 11.6. The highest BCUT2D eigenvalue weighted by Gasteiger charge is 2.31. The second-order valence-electron chi connectivity index (χ2n) is 4.49. The van der Waals surface area contributed by atoms with E-state index in [-0.39, 0.29) is 18.9 Å². The standard InChI is InChI=1S/C13H15NO3/c1-8-3-4-11(5-9(8)2)14-7-10(13(16)17)6-12(14)15/h3-5,10H,6-7H2,1-2H3,(H,16,17)/p-1. The van der Waals surface area contributed by atoms with Crippen LogP contribution in [0.15, 0.2) is 18.2 Å². The third kappa shape index (κ3) is 2.16. The molecule has 0 radical (unpaired) electrons. The van der Waals surface area contributed by atoms with Crippen LogP contribution in [0.4, 0.5) is 5.69 Å². The highest BCUT2D eigenvalue weighted by Crippen LogP contribution is 2.26. The van der Waals surface area contributed by atoms with Crippen molar-refractivity contribution in [3.63, 3.8) is 0 Å². The van der Waals surface area contributed by atoms with Gasteiger partial charge in [0.1, 0.15) is 0 Å². The maximum Gasteiger partial charge on any atom is 0.227 e. The van der Waals surface area contributed by atoms with Crippen molar-refractivity contribution < 1.29 is 14.7 Å². The second-order valence-corrected chi connectivity index (χ2v) is 4.49. The lowest BCUT2D eigenvalue weighted by Crippen LogP contribution is -2.33. The van der Waals surface area contributed by atoms with Crippen molar-refractivity contribution in [2.45, 2.75) is 20.3 Å². The van der Waals surface area contributed by atoms with Crippen LogP contribution in [0.25, 0.3) is 0 Å². The quantitative estimate of drug-likeness (QED) is 0.741. The Bertz CT molecular complexity index is 482. The van der Waals surface area contributed by atoms with Gasteiger partial charge in [0.25, 0.3) is 0 Å². The van der Waals surface area contributed by atoms with Crippen molar-refractivity contribution in [3.05, 3.63) is 29.3 Å². The van der Waals surface area contributed by atoms with Gasteiger partial charge in [-0.25, -0.2) is 0 Å². The molecule has 1 aliphatic rings. The average Bonchev–Trinajstić information content (AvgIpc) is 2.65. The van der Waals surface area contributed by atoms with Gasteiger partial charge in [0.2, 0.25) is 5.91 Å². The summed E-state index contributed by atoms with van der Waals surface area (Å²) in [6.45, 7) is 4.17. The number of anilines is 1. The van der Waals surface area contributed by atoms with Crippen molar-refractivity contribution in [3.8, 4) is 0 Å². The number of hydrogen-bond donors (Lipinski definition) is 0. The van der Waals surface area contributed by atoms with Crippen molar-refractivity contribution >= 4 is 17.6 Å². The fraction of sp³-hybridized carbons (Fsp3) is 0.385. The van der Waals surface area contributed by atoms with E-state index < -0.39 is 11.9 Å². The molecule has 0 N–H and O–H groups in total. The zero-order valence-electron chi connectivity index (χ0n) is 9.90. The smallest absolute Gasteiger partial charge is 0.227 e. The Labute approximate surface area is 99.9 Å². The molecule has 1 saturated heterocycles. The summed E-state index contributed by atoms with van der Waals surface area (Å²) in [5.41, 5.74) is 3.01. The van der Waals surface area contributed by atoms with E-state index in [2.05, 4.69) is 0 Å². The Morgan fingerprint density at radius 3 is 2.59 bits per heavy atom. The number of carbonyl (C=O) groups is 2. The van der Waals surface area contributed by atoms with E-state index in [1.54, 1.807) is 0 Å². The zero-order valence-corrected chi connectivity index (χ0v) is 9.90. The van der Waals surface area contributed by atoms with E-state index in [1.807, 2.05) is 32.0 Å². The first-order valence-corrected chi connectivity index (χ1v) is 5.57. The lowest BCUT2D eigenvalue weighted by Gasteiger charge is -2.18. The van der Waals surface area contributed by atoms with Gasteiger partial charge in [-0.3, -0.25) is 4.79 Å². The minimum Gasteiger partial charge on any atom is -0.550 e. The molecule has 0 bridgehead atoms. The van der Waals surface area contributed by atoms with Crippen LogP contribution in [0.3, 0.4) is 0 Å². The Morgan fingerprint density at radius 1 is 1.35 bits per heavy atom. The first-order valence-electron chi connectivity index (χ1n) is 5.57. The molecule has 0 aliphatic carbocycles. The molecule has 4 heteroatoms. The Balaban J connectivity index is 2.26. The van der Waals surface area contributed by atoms with E-state index in [1.165, 1.54) is 4.90 Å². The van der Waals surface area contributed by atoms with E-state index >= 15 is 0 Å². The third-order valence-corrected chi connectivity index (χ3v) is 3.26. The van der Waals surface area contributed by atoms with Crippen molar-refractivity contribution in [1.82, 2.24) is 0 Å². The summed E-state index contributed by atoms with van der Waals surface area (Å²) < 4.78 is 0. The Kier molecular flexibility index (Phi) is 2.88. The van der Waals surface area contributed by atoms with E-state index in [0.29, 0.717) is 0 Å². The Morgan fingerprint density at radius 2 is 2.06 bits per heavy atom. The number of amides is 1. The summed E-state index contributed by atoms with van der Waals surface area (Å²) in [4.78, 5) is 24.0. The van der Waals surface area contributed by atoms with Gasteiger partial charge in [-0.1, -0.05) is 6.07 Å². The number of carboxylic acids is 1. The van der Waals surface area contributed by atoms with Gasteiger partial charge in [0.05, 0.1) is 0 Å². The maximum absolute atomic E-state index is 11.7. The van der Waals surface area contributed by atoms with E-state index in [4.69, 9.17) is 0 Å². The summed E-state index contributed by atoms with van der Waals surface area (Å²) in [6.07, 6.45) is 0.0370. The van der Waals surface area contributed by atoms with Gasteiger partial charge >= 0.3 is 0 Å². The molecule has 1 aromatic carbocycles. The summed E-state index contributed by atoms with van der Waals surface area (Å²) in [7, 11) is 0. The number of aryl methyl sites for hydroxylation is 2. The lowest BCUT2D eigenvalue weighted by molar-refractivity contribution is -0.310. The van der Waals surface area contributed by atoms with Crippen LogP contribution in [0.5, 0.6) is 0 Å². The molecule has 0 aromatic heterocycles. The molecule has 17 heavy (non-hydrogen) atoms. The lowest BCUT2D eigenvalue weighted by atomic mass is 10.1. The summed E-state index contributed by atoms with van der Waals surface area (Å²) in [6, 6.07) is 5.69. The highest BCUT2D eigenvalue weighted by atomic mass is 16.4. The number of aliphatic carboxylic acids is 1. The zero-order chi connectivity index (χ0) is 12.6. The van der Waals surface area contributed by atoms with Crippen LogP contribution >= 0.6 is 0 Å².